The molecule has 0 aliphatic carbocycles. The Balaban J connectivity index is 0.00000200. The van der Waals surface area contributed by atoms with Crippen molar-refractivity contribution in [3.8, 4) is 0 Å². The number of halogens is 2. The zero-order valence-electron chi connectivity index (χ0n) is 11.5. The number of hydrogen-bond acceptors (Lipinski definition) is 3. The molecule has 1 aromatic carbocycles. The largest absolute Gasteiger partial charge is 0.337 e. The third-order valence-corrected chi connectivity index (χ3v) is 4.43. The second-order valence-electron chi connectivity index (χ2n) is 4.76. The van der Waals surface area contributed by atoms with Crippen LogP contribution in [0.5, 0.6) is 0 Å². The number of carbonyl (C=O) groups is 1. The van der Waals surface area contributed by atoms with Crippen LogP contribution in [0.3, 0.4) is 0 Å². The van der Waals surface area contributed by atoms with Gasteiger partial charge < -0.3 is 10.2 Å². The monoisotopic (exact) mass is 334 g/mol. The van der Waals surface area contributed by atoms with E-state index in [0.29, 0.717) is 11.8 Å². The summed E-state index contributed by atoms with van der Waals surface area (Å²) in [5.74, 6) is 1.60. The summed E-state index contributed by atoms with van der Waals surface area (Å²) in [5.41, 5.74) is 1.17. The van der Waals surface area contributed by atoms with Gasteiger partial charge in [-0.25, -0.2) is 0 Å². The van der Waals surface area contributed by atoms with Gasteiger partial charge in [-0.1, -0.05) is 23.7 Å². The first-order chi connectivity index (χ1) is 9.16. The van der Waals surface area contributed by atoms with E-state index < -0.39 is 0 Å². The third kappa shape index (κ3) is 5.17. The molecule has 1 aromatic rings. The highest BCUT2D eigenvalue weighted by Gasteiger charge is 2.22. The number of hydrogen-bond donors (Lipinski definition) is 1. The average molecular weight is 335 g/mol. The molecule has 1 amide bonds. The van der Waals surface area contributed by atoms with Gasteiger partial charge in [0.1, 0.15) is 0 Å². The molecule has 0 radical (unpaired) electrons. The predicted molar refractivity (Wildman–Crippen MR) is 88.9 cm³/mol. The van der Waals surface area contributed by atoms with E-state index in [0.717, 1.165) is 30.4 Å². The Morgan fingerprint density at radius 3 is 3.05 bits per heavy atom. The lowest BCUT2D eigenvalue weighted by Crippen LogP contribution is -2.52. The maximum absolute atomic E-state index is 12.1. The first kappa shape index (κ1) is 17.6. The summed E-state index contributed by atoms with van der Waals surface area (Å²) in [6.45, 7) is 4.70. The Labute approximate surface area is 135 Å². The van der Waals surface area contributed by atoms with Crippen LogP contribution in [0.1, 0.15) is 12.5 Å². The molecule has 1 saturated heterocycles. The minimum absolute atomic E-state index is 0. The van der Waals surface area contributed by atoms with Gasteiger partial charge in [-0.3, -0.25) is 4.79 Å². The molecule has 1 N–H and O–H groups in total. The first-order valence-electron chi connectivity index (χ1n) is 6.49. The molecule has 1 atom stereocenters. The lowest BCUT2D eigenvalue weighted by Gasteiger charge is -2.34. The highest BCUT2D eigenvalue weighted by atomic mass is 35.5. The summed E-state index contributed by atoms with van der Waals surface area (Å²) < 4.78 is 0. The minimum atomic E-state index is 0. The summed E-state index contributed by atoms with van der Waals surface area (Å²) in [4.78, 5) is 14.1. The molecule has 1 fully saturated rings. The van der Waals surface area contributed by atoms with Gasteiger partial charge >= 0.3 is 0 Å². The molecular formula is C14H20Cl2N2OS. The Morgan fingerprint density at radius 2 is 2.35 bits per heavy atom. The van der Waals surface area contributed by atoms with E-state index in [-0.39, 0.29) is 18.3 Å². The van der Waals surface area contributed by atoms with Crippen molar-refractivity contribution >= 4 is 41.7 Å². The van der Waals surface area contributed by atoms with Crippen LogP contribution in [0.4, 0.5) is 0 Å². The van der Waals surface area contributed by atoms with Crippen LogP contribution in [0.25, 0.3) is 0 Å². The van der Waals surface area contributed by atoms with Crippen molar-refractivity contribution in [3.05, 3.63) is 34.9 Å². The number of piperazine rings is 1. The van der Waals surface area contributed by atoms with E-state index in [2.05, 4.69) is 12.2 Å². The molecule has 1 aliphatic heterocycles. The summed E-state index contributed by atoms with van der Waals surface area (Å²) in [5, 5.41) is 4.04. The van der Waals surface area contributed by atoms with Crippen LogP contribution in [0.15, 0.2) is 24.3 Å². The van der Waals surface area contributed by atoms with Gasteiger partial charge in [0.05, 0.1) is 5.75 Å². The fourth-order valence-electron chi connectivity index (χ4n) is 2.18. The highest BCUT2D eigenvalue weighted by Crippen LogP contribution is 2.17. The molecule has 1 heterocycles. The zero-order chi connectivity index (χ0) is 13.7. The second-order valence-corrected chi connectivity index (χ2v) is 6.19. The van der Waals surface area contributed by atoms with Crippen molar-refractivity contribution in [3.63, 3.8) is 0 Å². The molecule has 2 rings (SSSR count). The number of nitrogens with zero attached hydrogens (tertiary/aromatic N) is 1. The zero-order valence-corrected chi connectivity index (χ0v) is 13.9. The third-order valence-electron chi connectivity index (χ3n) is 3.20. The molecule has 6 heteroatoms. The molecule has 0 spiro atoms. The molecule has 1 aliphatic rings. The van der Waals surface area contributed by atoms with Crippen LogP contribution in [0.2, 0.25) is 5.02 Å². The quantitative estimate of drug-likeness (QED) is 0.918. The van der Waals surface area contributed by atoms with Gasteiger partial charge in [0.15, 0.2) is 0 Å². The topological polar surface area (TPSA) is 32.3 Å². The van der Waals surface area contributed by atoms with E-state index in [4.69, 9.17) is 11.6 Å². The van der Waals surface area contributed by atoms with Crippen molar-refractivity contribution in [2.24, 2.45) is 0 Å². The fourth-order valence-corrected chi connectivity index (χ4v) is 3.25. The number of amides is 1. The summed E-state index contributed by atoms with van der Waals surface area (Å²) in [7, 11) is 0. The Morgan fingerprint density at radius 1 is 1.55 bits per heavy atom. The van der Waals surface area contributed by atoms with Gasteiger partial charge in [0.25, 0.3) is 0 Å². The molecule has 0 saturated carbocycles. The summed E-state index contributed by atoms with van der Waals surface area (Å²) >= 11 is 7.58. The van der Waals surface area contributed by atoms with Crippen molar-refractivity contribution in [1.29, 1.82) is 0 Å². The normalized spacial score (nSPS) is 18.5. The van der Waals surface area contributed by atoms with Crippen molar-refractivity contribution < 1.29 is 4.79 Å². The minimum Gasteiger partial charge on any atom is -0.337 e. The van der Waals surface area contributed by atoms with Crippen LogP contribution in [-0.4, -0.2) is 42.2 Å². The first-order valence-corrected chi connectivity index (χ1v) is 8.02. The Hall–Kier alpha value is -0.420. The van der Waals surface area contributed by atoms with Crippen LogP contribution < -0.4 is 5.32 Å². The van der Waals surface area contributed by atoms with E-state index in [9.17, 15) is 4.79 Å². The number of benzene rings is 1. The van der Waals surface area contributed by atoms with Gasteiger partial charge in [-0.05, 0) is 24.6 Å². The smallest absolute Gasteiger partial charge is 0.232 e. The number of rotatable bonds is 4. The lowest BCUT2D eigenvalue weighted by atomic mass is 10.2. The molecule has 0 unspecified atom stereocenters. The van der Waals surface area contributed by atoms with Gasteiger partial charge in [-0.15, -0.1) is 24.2 Å². The SMILES string of the molecule is C[C@H]1CNCCN1C(=O)CSCc1cccc(Cl)c1.Cl. The fraction of sp³-hybridized carbons (Fsp3) is 0.500. The van der Waals surface area contributed by atoms with E-state index in [1.165, 1.54) is 5.56 Å². The summed E-state index contributed by atoms with van der Waals surface area (Å²) in [6, 6.07) is 8.10. The average Bonchev–Trinajstić information content (AvgIpc) is 2.39. The molecule has 112 valence electrons. The summed E-state index contributed by atoms with van der Waals surface area (Å²) in [6.07, 6.45) is 0. The number of carbonyl (C=O) groups excluding carboxylic acids is 1. The van der Waals surface area contributed by atoms with E-state index in [1.807, 2.05) is 29.2 Å². The highest BCUT2D eigenvalue weighted by molar-refractivity contribution is 7.99. The molecule has 20 heavy (non-hydrogen) atoms. The maximum Gasteiger partial charge on any atom is 0.232 e. The number of nitrogens with one attached hydrogen (secondary N) is 1. The number of thioether (sulfide) groups is 1. The molecule has 0 aromatic heterocycles. The van der Waals surface area contributed by atoms with Gasteiger partial charge in [0.2, 0.25) is 5.91 Å². The lowest BCUT2D eigenvalue weighted by molar-refractivity contribution is -0.131. The Bertz CT molecular complexity index is 445. The van der Waals surface area contributed by atoms with Crippen LogP contribution >= 0.6 is 35.8 Å². The standard InChI is InChI=1S/C14H19ClN2OS.ClH/c1-11-8-16-5-6-17(11)14(18)10-19-9-12-3-2-4-13(15)7-12;/h2-4,7,11,16H,5-6,8-10H2,1H3;1H/t11-;/m0./s1. The maximum atomic E-state index is 12.1. The van der Waals surface area contributed by atoms with Crippen molar-refractivity contribution in [2.45, 2.75) is 18.7 Å². The molecular weight excluding hydrogens is 315 g/mol. The second kappa shape index (κ2) is 8.78. The van der Waals surface area contributed by atoms with Crippen LogP contribution in [0, 0.1) is 0 Å². The van der Waals surface area contributed by atoms with Gasteiger partial charge in [0, 0.05) is 36.5 Å². The van der Waals surface area contributed by atoms with Crippen molar-refractivity contribution in [2.75, 3.05) is 25.4 Å². The molecule has 0 bridgehead atoms. The van der Waals surface area contributed by atoms with E-state index >= 15 is 0 Å². The Kier molecular flexibility index (Phi) is 7.74. The van der Waals surface area contributed by atoms with E-state index in [1.54, 1.807) is 11.8 Å². The van der Waals surface area contributed by atoms with Crippen LogP contribution in [-0.2, 0) is 10.5 Å². The van der Waals surface area contributed by atoms with Crippen molar-refractivity contribution in [1.82, 2.24) is 10.2 Å². The van der Waals surface area contributed by atoms with Gasteiger partial charge in [-0.2, -0.15) is 0 Å². The molecule has 3 nitrogen and oxygen atoms in total. The predicted octanol–water partition coefficient (Wildman–Crippen LogP) is 2.82.